The molecule has 0 radical (unpaired) electrons. The summed E-state index contributed by atoms with van der Waals surface area (Å²) in [4.78, 5) is 10.6. The van der Waals surface area contributed by atoms with Crippen LogP contribution in [-0.4, -0.2) is 11.1 Å². The summed E-state index contributed by atoms with van der Waals surface area (Å²) in [7, 11) is 0. The van der Waals surface area contributed by atoms with Gasteiger partial charge in [0.2, 0.25) is 0 Å². The number of nitrogens with zero attached hydrogens (tertiary/aromatic N) is 1. The molecule has 0 heterocycles. The van der Waals surface area contributed by atoms with Crippen molar-refractivity contribution < 1.29 is 9.90 Å². The Kier molecular flexibility index (Phi) is 18.0. The van der Waals surface area contributed by atoms with Gasteiger partial charge < -0.3 is 5.11 Å². The molecule has 0 aliphatic heterocycles. The van der Waals surface area contributed by atoms with Gasteiger partial charge in [0.15, 0.2) is 0 Å². The van der Waals surface area contributed by atoms with E-state index in [1.54, 1.807) is 12.1 Å². The Morgan fingerprint density at radius 1 is 0.760 bits per heavy atom. The standard InChI is InChI=1S/C22H39NO2/c1-2-3-4-5-6-7-8-9-10-11-12-13-14-15-16-17-18-19-21(20-23)22(24)25/h19H,2-18H2,1H3,(H,24,25). The van der Waals surface area contributed by atoms with Crippen LogP contribution in [0.15, 0.2) is 11.6 Å². The molecule has 0 saturated carbocycles. The van der Waals surface area contributed by atoms with Crippen molar-refractivity contribution in [2.24, 2.45) is 0 Å². The maximum atomic E-state index is 10.6. The van der Waals surface area contributed by atoms with Crippen LogP contribution in [0.1, 0.15) is 116 Å². The monoisotopic (exact) mass is 349 g/mol. The normalized spacial score (nSPS) is 11.4. The van der Waals surface area contributed by atoms with E-state index < -0.39 is 5.97 Å². The summed E-state index contributed by atoms with van der Waals surface area (Å²) < 4.78 is 0. The second-order valence-electron chi connectivity index (χ2n) is 7.13. The molecule has 1 N–H and O–H groups in total. The van der Waals surface area contributed by atoms with Crippen molar-refractivity contribution >= 4 is 5.97 Å². The van der Waals surface area contributed by atoms with Crippen LogP contribution in [0.2, 0.25) is 0 Å². The average Bonchev–Trinajstić information content (AvgIpc) is 2.60. The number of hydrogen-bond acceptors (Lipinski definition) is 2. The lowest BCUT2D eigenvalue weighted by molar-refractivity contribution is -0.132. The lowest BCUT2D eigenvalue weighted by Crippen LogP contribution is -1.97. The third kappa shape index (κ3) is 17.3. The summed E-state index contributed by atoms with van der Waals surface area (Å²) in [6.45, 7) is 2.27. The minimum Gasteiger partial charge on any atom is -0.477 e. The molecule has 0 aromatic carbocycles. The number of allylic oxidation sites excluding steroid dienone is 1. The lowest BCUT2D eigenvalue weighted by Gasteiger charge is -2.03. The van der Waals surface area contributed by atoms with Crippen molar-refractivity contribution in [3.8, 4) is 6.07 Å². The number of nitriles is 1. The number of rotatable bonds is 18. The van der Waals surface area contributed by atoms with E-state index in [0.717, 1.165) is 12.8 Å². The van der Waals surface area contributed by atoms with Crippen molar-refractivity contribution in [1.29, 1.82) is 5.26 Å². The van der Waals surface area contributed by atoms with Crippen molar-refractivity contribution in [3.05, 3.63) is 11.6 Å². The zero-order valence-electron chi connectivity index (χ0n) is 16.4. The Labute approximate surface area is 155 Å². The number of unbranched alkanes of at least 4 members (excludes halogenated alkanes) is 16. The first-order chi connectivity index (χ1) is 12.2. The minimum absolute atomic E-state index is 0.124. The molecule has 25 heavy (non-hydrogen) atoms. The van der Waals surface area contributed by atoms with Gasteiger partial charge in [0, 0.05) is 0 Å². The van der Waals surface area contributed by atoms with E-state index in [2.05, 4.69) is 6.92 Å². The molecule has 0 unspecified atom stereocenters. The molecule has 3 heteroatoms. The van der Waals surface area contributed by atoms with Crippen LogP contribution in [-0.2, 0) is 4.79 Å². The predicted molar refractivity (Wildman–Crippen MR) is 105 cm³/mol. The number of carbonyl (C=O) groups is 1. The molecular weight excluding hydrogens is 310 g/mol. The zero-order chi connectivity index (χ0) is 18.6. The number of hydrogen-bond donors (Lipinski definition) is 1. The molecule has 0 aromatic rings. The molecule has 144 valence electrons. The number of aliphatic carboxylic acids is 1. The molecule has 0 aliphatic rings. The van der Waals surface area contributed by atoms with Gasteiger partial charge in [0.05, 0.1) is 0 Å². The summed E-state index contributed by atoms with van der Waals surface area (Å²) in [6, 6.07) is 1.72. The number of carboxylic acid groups (broad SMARTS) is 1. The van der Waals surface area contributed by atoms with Crippen LogP contribution in [0.5, 0.6) is 0 Å². The molecule has 0 fully saturated rings. The fourth-order valence-electron chi connectivity index (χ4n) is 3.12. The van der Waals surface area contributed by atoms with E-state index in [1.807, 2.05) is 0 Å². The molecule has 0 atom stereocenters. The van der Waals surface area contributed by atoms with Crippen LogP contribution >= 0.6 is 0 Å². The largest absolute Gasteiger partial charge is 0.477 e. The summed E-state index contributed by atoms with van der Waals surface area (Å²) >= 11 is 0. The predicted octanol–water partition coefficient (Wildman–Crippen LogP) is 7.17. The van der Waals surface area contributed by atoms with Crippen LogP contribution in [0, 0.1) is 11.3 Å². The van der Waals surface area contributed by atoms with Gasteiger partial charge in [-0.15, -0.1) is 0 Å². The first-order valence-corrected chi connectivity index (χ1v) is 10.6. The minimum atomic E-state index is -1.11. The molecule has 0 bridgehead atoms. The quantitative estimate of drug-likeness (QED) is 0.162. The zero-order valence-corrected chi connectivity index (χ0v) is 16.4. The Morgan fingerprint density at radius 2 is 1.12 bits per heavy atom. The van der Waals surface area contributed by atoms with E-state index in [0.29, 0.717) is 6.42 Å². The molecular formula is C22H39NO2. The summed E-state index contributed by atoms with van der Waals surface area (Å²) in [5, 5.41) is 17.3. The van der Waals surface area contributed by atoms with E-state index in [-0.39, 0.29) is 5.57 Å². The van der Waals surface area contributed by atoms with Gasteiger partial charge in [-0.1, -0.05) is 109 Å². The second-order valence-corrected chi connectivity index (χ2v) is 7.13. The van der Waals surface area contributed by atoms with Crippen molar-refractivity contribution in [1.82, 2.24) is 0 Å². The average molecular weight is 350 g/mol. The van der Waals surface area contributed by atoms with Gasteiger partial charge in [-0.2, -0.15) is 5.26 Å². The van der Waals surface area contributed by atoms with Gasteiger partial charge in [-0.25, -0.2) is 4.79 Å². The molecule has 0 amide bonds. The van der Waals surface area contributed by atoms with Gasteiger partial charge >= 0.3 is 5.97 Å². The molecule has 0 saturated heterocycles. The Hall–Kier alpha value is -1.30. The highest BCUT2D eigenvalue weighted by Gasteiger charge is 2.03. The molecule has 0 aliphatic carbocycles. The van der Waals surface area contributed by atoms with E-state index in [4.69, 9.17) is 10.4 Å². The third-order valence-electron chi connectivity index (χ3n) is 4.76. The second kappa shape index (κ2) is 19.0. The summed E-state index contributed by atoms with van der Waals surface area (Å²) in [6.07, 6.45) is 23.6. The highest BCUT2D eigenvalue weighted by atomic mass is 16.4. The van der Waals surface area contributed by atoms with E-state index >= 15 is 0 Å². The highest BCUT2D eigenvalue weighted by molar-refractivity contribution is 5.90. The van der Waals surface area contributed by atoms with Crippen LogP contribution in [0.25, 0.3) is 0 Å². The lowest BCUT2D eigenvalue weighted by atomic mass is 10.0. The van der Waals surface area contributed by atoms with E-state index in [1.165, 1.54) is 89.9 Å². The van der Waals surface area contributed by atoms with Crippen molar-refractivity contribution in [2.75, 3.05) is 0 Å². The summed E-state index contributed by atoms with van der Waals surface area (Å²) in [5.74, 6) is -1.11. The Morgan fingerprint density at radius 3 is 1.44 bits per heavy atom. The molecule has 0 spiro atoms. The van der Waals surface area contributed by atoms with Gasteiger partial charge in [0.25, 0.3) is 0 Å². The van der Waals surface area contributed by atoms with Crippen LogP contribution in [0.3, 0.4) is 0 Å². The maximum absolute atomic E-state index is 10.6. The smallest absolute Gasteiger partial charge is 0.346 e. The van der Waals surface area contributed by atoms with Crippen molar-refractivity contribution in [2.45, 2.75) is 116 Å². The fraction of sp³-hybridized carbons (Fsp3) is 0.818. The van der Waals surface area contributed by atoms with Gasteiger partial charge in [-0.05, 0) is 12.8 Å². The fourth-order valence-corrected chi connectivity index (χ4v) is 3.12. The topological polar surface area (TPSA) is 61.1 Å². The third-order valence-corrected chi connectivity index (χ3v) is 4.76. The summed E-state index contributed by atoms with van der Waals surface area (Å²) in [5.41, 5.74) is -0.124. The highest BCUT2D eigenvalue weighted by Crippen LogP contribution is 2.14. The first-order valence-electron chi connectivity index (χ1n) is 10.6. The first kappa shape index (κ1) is 23.7. The van der Waals surface area contributed by atoms with Gasteiger partial charge in [-0.3, -0.25) is 0 Å². The van der Waals surface area contributed by atoms with Gasteiger partial charge in [0.1, 0.15) is 11.6 Å². The van der Waals surface area contributed by atoms with Crippen LogP contribution in [0.4, 0.5) is 0 Å². The van der Waals surface area contributed by atoms with Crippen molar-refractivity contribution in [3.63, 3.8) is 0 Å². The molecule has 3 nitrogen and oxygen atoms in total. The molecule has 0 aromatic heterocycles. The maximum Gasteiger partial charge on any atom is 0.346 e. The van der Waals surface area contributed by atoms with E-state index in [9.17, 15) is 4.79 Å². The SMILES string of the molecule is CCCCCCCCCCCCCCCCCCC=C(C#N)C(=O)O. The number of carboxylic acids is 1. The van der Waals surface area contributed by atoms with Crippen LogP contribution < -0.4 is 0 Å². The molecule has 0 rings (SSSR count). The Balaban J connectivity index is 3.19. The Bertz CT molecular complexity index is 382.